The van der Waals surface area contributed by atoms with E-state index in [1.165, 1.54) is 0 Å². The highest BCUT2D eigenvalue weighted by molar-refractivity contribution is 5.99. The number of imidazole rings is 1. The Bertz CT molecular complexity index is 1560. The lowest BCUT2D eigenvalue weighted by Gasteiger charge is -2.32. The third-order valence-corrected chi connectivity index (χ3v) is 7.23. The predicted molar refractivity (Wildman–Crippen MR) is 144 cm³/mol. The molecule has 0 saturated carbocycles. The molecule has 0 fully saturated rings. The van der Waals surface area contributed by atoms with Gasteiger partial charge >= 0.3 is 0 Å². The first kappa shape index (κ1) is 23.0. The molecule has 1 atom stereocenters. The van der Waals surface area contributed by atoms with Crippen molar-refractivity contribution in [2.24, 2.45) is 0 Å². The Balaban J connectivity index is 1.44. The molecular weight excluding hydrogens is 460 g/mol. The number of carbonyl (C=O) groups excluding carboxylic acids is 1. The molecule has 0 unspecified atom stereocenters. The average Bonchev–Trinajstić information content (AvgIpc) is 3.49. The average molecular weight is 489 g/mol. The first-order valence-electron chi connectivity index (χ1n) is 12.7. The summed E-state index contributed by atoms with van der Waals surface area (Å²) in [5.41, 5.74) is 2.80. The third-order valence-electron chi connectivity index (χ3n) is 7.23. The number of ketones is 1. The van der Waals surface area contributed by atoms with Crippen LogP contribution in [0.2, 0.25) is 0 Å². The monoisotopic (exact) mass is 488 g/mol. The van der Waals surface area contributed by atoms with Gasteiger partial charge < -0.3 is 14.5 Å². The maximum Gasteiger partial charge on any atom is 0.188 e. The van der Waals surface area contributed by atoms with Gasteiger partial charge in [-0.2, -0.15) is 0 Å². The Hall–Kier alpha value is -4.38. The lowest BCUT2D eigenvalue weighted by atomic mass is 9.86. The highest BCUT2D eigenvalue weighted by Gasteiger charge is 2.35. The molecule has 1 N–H and O–H groups in total. The van der Waals surface area contributed by atoms with E-state index in [-0.39, 0.29) is 5.78 Å². The zero-order chi connectivity index (χ0) is 25.2. The van der Waals surface area contributed by atoms with Crippen LogP contribution in [-0.4, -0.2) is 15.8 Å². The molecule has 4 aromatic carbocycles. The van der Waals surface area contributed by atoms with Gasteiger partial charge in [-0.3, -0.25) is 4.79 Å². The van der Waals surface area contributed by atoms with E-state index in [2.05, 4.69) is 28.2 Å². The van der Waals surface area contributed by atoms with Crippen LogP contribution >= 0.6 is 0 Å². The van der Waals surface area contributed by atoms with E-state index in [1.807, 2.05) is 73.7 Å². The van der Waals surface area contributed by atoms with Crippen LogP contribution in [0.3, 0.4) is 0 Å². The van der Waals surface area contributed by atoms with E-state index in [4.69, 9.17) is 9.47 Å². The molecule has 0 amide bonds. The van der Waals surface area contributed by atoms with Gasteiger partial charge in [0.05, 0.1) is 0 Å². The normalized spacial score (nSPS) is 14.7. The molecule has 6 rings (SSSR count). The summed E-state index contributed by atoms with van der Waals surface area (Å²) in [6.45, 7) is 2.31. The zero-order valence-electron chi connectivity index (χ0n) is 20.7. The lowest BCUT2D eigenvalue weighted by molar-refractivity contribution is 0.0970. The van der Waals surface area contributed by atoms with Gasteiger partial charge in [0, 0.05) is 40.9 Å². The van der Waals surface area contributed by atoms with Crippen LogP contribution in [-0.2, 0) is 18.6 Å². The fourth-order valence-electron chi connectivity index (χ4n) is 5.25. The van der Waals surface area contributed by atoms with Crippen molar-refractivity contribution < 1.29 is 14.3 Å². The number of benzene rings is 4. The van der Waals surface area contributed by atoms with Crippen LogP contribution in [0, 0.1) is 0 Å². The van der Waals surface area contributed by atoms with Gasteiger partial charge in [0.25, 0.3) is 0 Å². The fourth-order valence-corrected chi connectivity index (χ4v) is 5.25. The molecule has 1 aliphatic rings. The first-order chi connectivity index (χ1) is 18.1. The summed E-state index contributed by atoms with van der Waals surface area (Å²) in [5, 5.41) is 2.18. The largest absolute Gasteiger partial charge is 0.488 e. The summed E-state index contributed by atoms with van der Waals surface area (Å²) in [5.74, 6) is 2.38. The number of carbonyl (C=O) groups is 1. The molecule has 0 aliphatic heterocycles. The number of Topliss-reactive ketones (excluding diaryl/α,β-unsaturated/α-hetero) is 1. The minimum absolute atomic E-state index is 0.177. The van der Waals surface area contributed by atoms with Gasteiger partial charge in [-0.1, -0.05) is 66.7 Å². The van der Waals surface area contributed by atoms with E-state index < -0.39 is 5.60 Å². The van der Waals surface area contributed by atoms with Gasteiger partial charge in [-0.25, -0.2) is 4.98 Å². The quantitative estimate of drug-likeness (QED) is 0.268. The van der Waals surface area contributed by atoms with Crippen molar-refractivity contribution in [2.45, 2.75) is 38.4 Å². The maximum atomic E-state index is 12.8. The zero-order valence-corrected chi connectivity index (χ0v) is 20.7. The first-order valence-corrected chi connectivity index (χ1v) is 12.7. The SMILES string of the molecule is C[C@](Oc1ccc2c(c1COc1cccc3ccccc13)CCCC2=O)(c1ccccc1)c1ncc[nH]1. The molecule has 0 spiro atoms. The number of aromatic amines is 1. The van der Waals surface area contributed by atoms with Crippen LogP contribution in [0.4, 0.5) is 0 Å². The second kappa shape index (κ2) is 9.58. The Morgan fingerprint density at radius 1 is 0.892 bits per heavy atom. The number of aromatic nitrogens is 2. The highest BCUT2D eigenvalue weighted by Crippen LogP contribution is 2.39. The number of rotatable bonds is 7. The van der Waals surface area contributed by atoms with Crippen molar-refractivity contribution in [1.29, 1.82) is 0 Å². The molecule has 37 heavy (non-hydrogen) atoms. The number of fused-ring (bicyclic) bond motifs is 2. The lowest BCUT2D eigenvalue weighted by Crippen LogP contribution is -2.33. The summed E-state index contributed by atoms with van der Waals surface area (Å²) in [7, 11) is 0. The van der Waals surface area contributed by atoms with Crippen LogP contribution in [0.1, 0.15) is 52.6 Å². The second-order valence-corrected chi connectivity index (χ2v) is 9.55. The number of nitrogens with zero attached hydrogens (tertiary/aromatic N) is 1. The molecule has 5 aromatic rings. The molecule has 1 aliphatic carbocycles. The van der Waals surface area contributed by atoms with E-state index in [0.29, 0.717) is 24.6 Å². The van der Waals surface area contributed by atoms with Crippen LogP contribution in [0.15, 0.2) is 97.3 Å². The van der Waals surface area contributed by atoms with Crippen LogP contribution < -0.4 is 9.47 Å². The Kier molecular flexibility index (Phi) is 5.97. The minimum Gasteiger partial charge on any atom is -0.488 e. The molecule has 0 bridgehead atoms. The number of nitrogens with one attached hydrogen (secondary N) is 1. The third kappa shape index (κ3) is 4.27. The van der Waals surface area contributed by atoms with Crippen molar-refractivity contribution in [3.05, 3.63) is 125 Å². The Morgan fingerprint density at radius 3 is 2.54 bits per heavy atom. The molecule has 5 heteroatoms. The molecule has 184 valence electrons. The van der Waals surface area contributed by atoms with Gasteiger partial charge in [0.2, 0.25) is 0 Å². The summed E-state index contributed by atoms with van der Waals surface area (Å²) in [4.78, 5) is 20.6. The van der Waals surface area contributed by atoms with Crippen molar-refractivity contribution in [2.75, 3.05) is 0 Å². The molecule has 1 heterocycles. The fraction of sp³-hybridized carbons (Fsp3) is 0.188. The minimum atomic E-state index is -0.869. The number of ether oxygens (including phenoxy) is 2. The molecule has 5 nitrogen and oxygen atoms in total. The topological polar surface area (TPSA) is 64.2 Å². The standard InChI is InChI=1S/C32H28N2O3/c1-32(31-33-19-20-34-31,23-11-3-2-4-12-23)37-30-18-17-26-25(14-8-15-28(26)35)27(30)21-36-29-16-7-10-22-9-5-6-13-24(22)29/h2-7,9-13,16-20H,8,14-15,21H2,1H3,(H,33,34)/t32-/m0/s1. The van der Waals surface area contributed by atoms with E-state index in [1.54, 1.807) is 12.4 Å². The van der Waals surface area contributed by atoms with Crippen molar-refractivity contribution >= 4 is 16.6 Å². The Labute approximate surface area is 216 Å². The highest BCUT2D eigenvalue weighted by atomic mass is 16.5. The molecule has 0 saturated heterocycles. The molecule has 0 radical (unpaired) electrons. The van der Waals surface area contributed by atoms with E-state index in [0.717, 1.165) is 51.6 Å². The van der Waals surface area contributed by atoms with E-state index >= 15 is 0 Å². The van der Waals surface area contributed by atoms with Crippen LogP contribution in [0.5, 0.6) is 11.5 Å². The van der Waals surface area contributed by atoms with Gasteiger partial charge in [0.1, 0.15) is 18.1 Å². The summed E-state index contributed by atoms with van der Waals surface area (Å²) >= 11 is 0. The van der Waals surface area contributed by atoms with Gasteiger partial charge in [-0.15, -0.1) is 0 Å². The molecular formula is C32H28N2O3. The number of hydrogen-bond acceptors (Lipinski definition) is 4. The second-order valence-electron chi connectivity index (χ2n) is 9.55. The number of H-pyrrole nitrogens is 1. The molecule has 1 aromatic heterocycles. The van der Waals surface area contributed by atoms with Crippen LogP contribution in [0.25, 0.3) is 10.8 Å². The predicted octanol–water partition coefficient (Wildman–Crippen LogP) is 7.00. The van der Waals surface area contributed by atoms with Crippen molar-refractivity contribution in [3.8, 4) is 11.5 Å². The summed E-state index contributed by atoms with van der Waals surface area (Å²) in [6.07, 6.45) is 5.75. The summed E-state index contributed by atoms with van der Waals surface area (Å²) < 4.78 is 13.3. The maximum absolute atomic E-state index is 12.8. The van der Waals surface area contributed by atoms with Gasteiger partial charge in [0.15, 0.2) is 17.2 Å². The number of hydrogen-bond donors (Lipinski definition) is 1. The van der Waals surface area contributed by atoms with Gasteiger partial charge in [-0.05, 0) is 48.9 Å². The smallest absolute Gasteiger partial charge is 0.188 e. The Morgan fingerprint density at radius 2 is 1.70 bits per heavy atom. The van der Waals surface area contributed by atoms with Crippen molar-refractivity contribution in [3.63, 3.8) is 0 Å². The van der Waals surface area contributed by atoms with Crippen molar-refractivity contribution in [1.82, 2.24) is 9.97 Å². The van der Waals surface area contributed by atoms with E-state index in [9.17, 15) is 4.79 Å². The summed E-state index contributed by atoms with van der Waals surface area (Å²) in [6, 6.07) is 28.1.